The first-order valence-corrected chi connectivity index (χ1v) is 15.4. The van der Waals surface area contributed by atoms with Gasteiger partial charge in [-0.3, -0.25) is 4.79 Å². The zero-order valence-electron chi connectivity index (χ0n) is 23.1. The van der Waals surface area contributed by atoms with Gasteiger partial charge in [-0.1, -0.05) is 29.7 Å². The van der Waals surface area contributed by atoms with Crippen LogP contribution < -0.4 is 5.73 Å². The molecule has 0 radical (unpaired) electrons. The first-order valence-electron chi connectivity index (χ1n) is 13.2. The monoisotopic (exact) mass is 630 g/mol. The minimum Gasteiger partial charge on any atom is -0.383 e. The largest absolute Gasteiger partial charge is 0.417 e. The van der Waals surface area contributed by atoms with Crippen LogP contribution in [0.15, 0.2) is 42.7 Å². The third kappa shape index (κ3) is 6.51. The van der Waals surface area contributed by atoms with Gasteiger partial charge in [0.15, 0.2) is 11.4 Å². The van der Waals surface area contributed by atoms with Crippen molar-refractivity contribution in [3.8, 4) is 11.8 Å². The van der Waals surface area contributed by atoms with Crippen LogP contribution in [0.2, 0.25) is 5.02 Å². The van der Waals surface area contributed by atoms with E-state index >= 15 is 0 Å². The molecule has 0 bridgehead atoms. The van der Waals surface area contributed by atoms with E-state index in [2.05, 4.69) is 26.9 Å². The summed E-state index contributed by atoms with van der Waals surface area (Å²) in [4.78, 5) is 21.3. The summed E-state index contributed by atoms with van der Waals surface area (Å²) in [5.41, 5.74) is 7.71. The van der Waals surface area contributed by atoms with Crippen LogP contribution in [0.5, 0.6) is 0 Å². The SMILES string of the molecule is Cc1ccc(CC(=O)c2ccc(Cl)c(C(F)(F)F)c2)cc1C#Cc1nn([C@@H]2CCCN(S(C)(=O)=O)C2)c2ncnc(N)c12. The summed E-state index contributed by atoms with van der Waals surface area (Å²) in [6, 6.07) is 7.99. The van der Waals surface area contributed by atoms with Crippen molar-refractivity contribution in [1.82, 2.24) is 24.1 Å². The van der Waals surface area contributed by atoms with Gasteiger partial charge in [-0.2, -0.15) is 18.3 Å². The number of benzene rings is 2. The van der Waals surface area contributed by atoms with Crippen LogP contribution >= 0.6 is 11.6 Å². The van der Waals surface area contributed by atoms with Crippen molar-refractivity contribution in [3.63, 3.8) is 0 Å². The second kappa shape index (κ2) is 11.6. The maximum atomic E-state index is 13.3. The van der Waals surface area contributed by atoms with E-state index in [1.165, 1.54) is 23.0 Å². The quantitative estimate of drug-likeness (QED) is 0.248. The summed E-state index contributed by atoms with van der Waals surface area (Å²) in [5, 5.41) is 4.63. The molecule has 1 aliphatic rings. The fraction of sp³-hybridized carbons (Fsp3) is 0.310. The molecule has 2 aromatic heterocycles. The number of hydrogen-bond donors (Lipinski definition) is 1. The minimum atomic E-state index is -4.68. The lowest BCUT2D eigenvalue weighted by Gasteiger charge is -2.31. The Hall–Kier alpha value is -3.99. The first kappa shape index (κ1) is 30.5. The summed E-state index contributed by atoms with van der Waals surface area (Å²) in [7, 11) is -3.39. The van der Waals surface area contributed by atoms with Gasteiger partial charge in [0.05, 0.1) is 28.3 Å². The van der Waals surface area contributed by atoms with Crippen molar-refractivity contribution < 1.29 is 26.4 Å². The van der Waals surface area contributed by atoms with Crippen molar-refractivity contribution in [2.24, 2.45) is 0 Å². The molecule has 2 aromatic carbocycles. The summed E-state index contributed by atoms with van der Waals surface area (Å²) >= 11 is 5.69. The average Bonchev–Trinajstić information content (AvgIpc) is 3.32. The molecule has 1 saturated heterocycles. The number of hydrogen-bond acceptors (Lipinski definition) is 7. The maximum absolute atomic E-state index is 13.3. The van der Waals surface area contributed by atoms with Gasteiger partial charge < -0.3 is 5.73 Å². The number of anilines is 1. The molecule has 43 heavy (non-hydrogen) atoms. The van der Waals surface area contributed by atoms with Crippen molar-refractivity contribution in [3.05, 3.63) is 81.3 Å². The number of rotatable bonds is 5. The van der Waals surface area contributed by atoms with Gasteiger partial charge in [0.2, 0.25) is 10.0 Å². The van der Waals surface area contributed by atoms with Gasteiger partial charge in [0.25, 0.3) is 0 Å². The second-order valence-corrected chi connectivity index (χ2v) is 12.7. The summed E-state index contributed by atoms with van der Waals surface area (Å²) in [5.74, 6) is 5.77. The van der Waals surface area contributed by atoms with E-state index in [1.807, 2.05) is 6.92 Å². The topological polar surface area (TPSA) is 124 Å². The van der Waals surface area contributed by atoms with Gasteiger partial charge in [-0.25, -0.2) is 27.4 Å². The average molecular weight is 631 g/mol. The summed E-state index contributed by atoms with van der Waals surface area (Å²) in [6.07, 6.45) is -1.01. The van der Waals surface area contributed by atoms with E-state index in [-0.39, 0.29) is 30.4 Å². The molecule has 0 amide bonds. The van der Waals surface area contributed by atoms with Crippen LogP contribution in [-0.2, 0) is 22.6 Å². The van der Waals surface area contributed by atoms with Crippen molar-refractivity contribution in [2.75, 3.05) is 25.1 Å². The molecule has 0 aliphatic carbocycles. The van der Waals surface area contributed by atoms with Gasteiger partial charge in [0.1, 0.15) is 17.8 Å². The lowest BCUT2D eigenvalue weighted by Crippen LogP contribution is -2.40. The highest BCUT2D eigenvalue weighted by Crippen LogP contribution is 2.35. The Morgan fingerprint density at radius 3 is 2.65 bits per heavy atom. The van der Waals surface area contributed by atoms with E-state index in [4.69, 9.17) is 17.3 Å². The standard InChI is InChI=1S/C29H26ClF3N6O3S/c1-17-5-6-18(13-25(40)20-7-9-23(30)22(14-20)29(31,32)33)12-19(17)8-10-24-26-27(34)35-16-36-28(26)39(37-24)21-4-3-11-38(15-21)43(2,41)42/h5-7,9,12,14,16,21H,3-4,11,13,15H2,1-2H3,(H2,34,35,36)/t21-/m1/s1. The molecular weight excluding hydrogens is 605 g/mol. The van der Waals surface area contributed by atoms with Crippen LogP contribution in [0.4, 0.5) is 19.0 Å². The second-order valence-electron chi connectivity index (χ2n) is 10.4. The molecule has 4 aromatic rings. The highest BCUT2D eigenvalue weighted by Gasteiger charge is 2.34. The number of Topliss-reactive ketones (excluding diaryl/α,β-unsaturated/α-hetero) is 1. The van der Waals surface area contributed by atoms with Crippen LogP contribution in [0.3, 0.4) is 0 Å². The molecule has 1 aliphatic heterocycles. The van der Waals surface area contributed by atoms with E-state index in [1.54, 1.807) is 22.9 Å². The number of halogens is 4. The predicted molar refractivity (Wildman–Crippen MR) is 156 cm³/mol. The molecule has 0 unspecified atom stereocenters. The number of nitrogens with zero attached hydrogens (tertiary/aromatic N) is 5. The molecule has 3 heterocycles. The predicted octanol–water partition coefficient (Wildman–Crippen LogP) is 4.81. The fourth-order valence-electron chi connectivity index (χ4n) is 5.00. The lowest BCUT2D eigenvalue weighted by molar-refractivity contribution is -0.137. The molecule has 9 nitrogen and oxygen atoms in total. The zero-order chi connectivity index (χ0) is 31.1. The van der Waals surface area contributed by atoms with Crippen LogP contribution in [-0.4, -0.2) is 57.6 Å². The minimum absolute atomic E-state index is 0.102. The lowest BCUT2D eigenvalue weighted by atomic mass is 9.98. The fourth-order valence-corrected chi connectivity index (χ4v) is 6.13. The number of nitrogens with two attached hydrogens (primary N) is 1. The van der Waals surface area contributed by atoms with Crippen LogP contribution in [0.25, 0.3) is 11.0 Å². The number of aromatic nitrogens is 4. The van der Waals surface area contributed by atoms with E-state index in [0.717, 1.165) is 17.7 Å². The molecule has 1 fully saturated rings. The van der Waals surface area contributed by atoms with Crippen LogP contribution in [0.1, 0.15) is 57.2 Å². The molecule has 5 rings (SSSR count). The number of aryl methyl sites for hydroxylation is 1. The van der Waals surface area contributed by atoms with E-state index < -0.39 is 32.6 Å². The number of carbonyl (C=O) groups is 1. The highest BCUT2D eigenvalue weighted by molar-refractivity contribution is 7.88. The Labute approximate surface area is 250 Å². The molecule has 1 atom stereocenters. The zero-order valence-corrected chi connectivity index (χ0v) is 24.7. The van der Waals surface area contributed by atoms with Gasteiger partial charge in [0, 0.05) is 30.6 Å². The molecule has 14 heteroatoms. The Balaban J connectivity index is 1.46. The number of piperidine rings is 1. The number of fused-ring (bicyclic) bond motifs is 1. The van der Waals surface area contributed by atoms with Crippen LogP contribution in [0, 0.1) is 18.8 Å². The molecule has 2 N–H and O–H groups in total. The Morgan fingerprint density at radius 2 is 1.93 bits per heavy atom. The highest BCUT2D eigenvalue weighted by atomic mass is 35.5. The van der Waals surface area contributed by atoms with E-state index in [0.29, 0.717) is 47.2 Å². The number of sulfonamides is 1. The number of ketones is 1. The summed E-state index contributed by atoms with van der Waals surface area (Å²) < 4.78 is 67.2. The molecule has 0 saturated carbocycles. The van der Waals surface area contributed by atoms with E-state index in [9.17, 15) is 26.4 Å². The summed E-state index contributed by atoms with van der Waals surface area (Å²) in [6.45, 7) is 2.50. The third-order valence-electron chi connectivity index (χ3n) is 7.27. The number of carbonyl (C=O) groups excluding carboxylic acids is 1. The van der Waals surface area contributed by atoms with Crippen molar-refractivity contribution in [1.29, 1.82) is 0 Å². The Kier molecular flexibility index (Phi) is 8.22. The molecule has 224 valence electrons. The number of alkyl halides is 3. The van der Waals surface area contributed by atoms with Crippen molar-refractivity contribution in [2.45, 2.75) is 38.4 Å². The molecule has 0 spiro atoms. The maximum Gasteiger partial charge on any atom is 0.417 e. The smallest absolute Gasteiger partial charge is 0.383 e. The van der Waals surface area contributed by atoms with Gasteiger partial charge in [-0.15, -0.1) is 0 Å². The van der Waals surface area contributed by atoms with Gasteiger partial charge >= 0.3 is 6.18 Å². The molecular formula is C29H26ClF3N6O3S. The van der Waals surface area contributed by atoms with Crippen molar-refractivity contribution >= 4 is 44.3 Å². The Bertz CT molecular complexity index is 1910. The Morgan fingerprint density at radius 1 is 1.16 bits per heavy atom. The van der Waals surface area contributed by atoms with Gasteiger partial charge in [-0.05, 0) is 61.1 Å². The first-order chi connectivity index (χ1) is 20.2. The number of nitrogen functional groups attached to an aromatic ring is 1. The normalized spacial score (nSPS) is 16.2. The third-order valence-corrected chi connectivity index (χ3v) is 8.87.